The average molecular weight is 271 g/mol. The van der Waals surface area contributed by atoms with Crippen LogP contribution in [0.15, 0.2) is 18.2 Å². The molecule has 0 aromatic heterocycles. The van der Waals surface area contributed by atoms with E-state index in [1.165, 1.54) is 12.1 Å². The summed E-state index contributed by atoms with van der Waals surface area (Å²) in [5.74, 6) is 0. The lowest BCUT2D eigenvalue weighted by atomic mass is 10.3. The van der Waals surface area contributed by atoms with E-state index in [4.69, 9.17) is 17.0 Å². The molecule has 0 aliphatic rings. The Balaban J connectivity index is 0.000000437. The molecule has 0 N–H and O–H groups in total. The number of hydrogen-bond acceptors (Lipinski definition) is 3. The van der Waals surface area contributed by atoms with Crippen LogP contribution in [-0.2, 0) is 0 Å². The van der Waals surface area contributed by atoms with E-state index >= 15 is 0 Å². The molecule has 11 heteroatoms. The second-order valence-corrected chi connectivity index (χ2v) is 2.92. The number of nitro groups is 1. The zero-order valence-corrected chi connectivity index (χ0v) is 8.61. The molecule has 0 saturated heterocycles. The summed E-state index contributed by atoms with van der Waals surface area (Å²) in [4.78, 5) is 12.4. The maximum Gasteiger partial charge on any atom is 0.673 e. The van der Waals surface area contributed by atoms with Gasteiger partial charge in [0.05, 0.1) is 4.92 Å². The Kier molecular flexibility index (Phi) is 5.33. The second kappa shape index (κ2) is 6.00. The van der Waals surface area contributed by atoms with Crippen molar-refractivity contribution < 1.29 is 22.2 Å². The first kappa shape index (κ1) is 15.1. The molecule has 0 saturated carbocycles. The van der Waals surface area contributed by atoms with Crippen molar-refractivity contribution in [2.45, 2.75) is 0 Å². The van der Waals surface area contributed by atoms with Crippen LogP contribution in [0.1, 0.15) is 0 Å². The van der Waals surface area contributed by atoms with Gasteiger partial charge in [-0.2, -0.15) is 0 Å². The molecule has 0 atom stereocenters. The van der Waals surface area contributed by atoms with Crippen molar-refractivity contribution in [3.05, 3.63) is 38.3 Å². The third-order valence-electron chi connectivity index (χ3n) is 1.24. The van der Waals surface area contributed by atoms with E-state index in [-0.39, 0.29) is 16.4 Å². The van der Waals surface area contributed by atoms with Crippen LogP contribution >= 0.6 is 11.6 Å². The highest BCUT2D eigenvalue weighted by atomic mass is 35.5. The lowest BCUT2D eigenvalue weighted by Gasteiger charge is -1.94. The van der Waals surface area contributed by atoms with Gasteiger partial charge >= 0.3 is 18.6 Å². The Bertz CT molecular complexity index is 456. The summed E-state index contributed by atoms with van der Waals surface area (Å²) in [5, 5.41) is 18.9. The van der Waals surface area contributed by atoms with E-state index in [1.807, 2.05) is 0 Å². The van der Waals surface area contributed by atoms with Crippen molar-refractivity contribution >= 4 is 30.2 Å². The van der Waals surface area contributed by atoms with E-state index in [0.717, 1.165) is 6.07 Å². The largest absolute Gasteiger partial charge is 0.673 e. The molecule has 0 amide bonds. The molecule has 92 valence electrons. The van der Waals surface area contributed by atoms with Gasteiger partial charge in [-0.05, 0) is 6.07 Å². The molecule has 17 heavy (non-hydrogen) atoms. The van der Waals surface area contributed by atoms with Crippen LogP contribution in [-0.4, -0.2) is 12.2 Å². The lowest BCUT2D eigenvalue weighted by molar-refractivity contribution is -0.383. The van der Waals surface area contributed by atoms with Gasteiger partial charge in [-0.1, -0.05) is 11.6 Å². The minimum Gasteiger partial charge on any atom is -0.418 e. The van der Waals surface area contributed by atoms with Crippen molar-refractivity contribution in [1.29, 1.82) is 5.39 Å². The summed E-state index contributed by atoms with van der Waals surface area (Å²) < 4.78 is 39.0. The first-order valence-electron chi connectivity index (χ1n) is 3.81. The zero-order chi connectivity index (χ0) is 13.6. The van der Waals surface area contributed by atoms with Gasteiger partial charge in [0.15, 0.2) is 4.98 Å². The van der Waals surface area contributed by atoms with Gasteiger partial charge in [-0.3, -0.25) is 10.1 Å². The Morgan fingerprint density at radius 2 is 1.82 bits per heavy atom. The molecule has 5 nitrogen and oxygen atoms in total. The normalized spacial score (nSPS) is 9.88. The third-order valence-corrected chi connectivity index (χ3v) is 1.48. The maximum atomic E-state index is 10.3. The minimum absolute atomic E-state index is 0.107. The van der Waals surface area contributed by atoms with E-state index in [2.05, 4.69) is 4.98 Å². The van der Waals surface area contributed by atoms with Crippen molar-refractivity contribution in [3.63, 3.8) is 0 Å². The van der Waals surface area contributed by atoms with Gasteiger partial charge in [-0.25, -0.2) is 0 Å². The summed E-state index contributed by atoms with van der Waals surface area (Å²) >= 11 is 5.49. The fourth-order valence-corrected chi connectivity index (χ4v) is 0.894. The predicted molar refractivity (Wildman–Crippen MR) is 53.0 cm³/mol. The van der Waals surface area contributed by atoms with E-state index < -0.39 is 12.2 Å². The molecular weight excluding hydrogens is 268 g/mol. The van der Waals surface area contributed by atoms with Crippen LogP contribution in [0.3, 0.4) is 0 Å². The fraction of sp³-hybridized carbons (Fsp3) is 0. The van der Waals surface area contributed by atoms with Crippen molar-refractivity contribution in [2.75, 3.05) is 0 Å². The standard InChI is InChI=1S/C6H3ClN3O2.BF4/c7-4-1-2-5(9-8)6(3-4)10(11)12;2-1(3,4)5/h1-3H;/q+1;-1. The highest BCUT2D eigenvalue weighted by Crippen LogP contribution is 2.29. The van der Waals surface area contributed by atoms with Crippen LogP contribution in [0, 0.1) is 15.5 Å². The van der Waals surface area contributed by atoms with E-state index in [9.17, 15) is 27.4 Å². The topological polar surface area (TPSA) is 71.3 Å². The second-order valence-electron chi connectivity index (χ2n) is 2.49. The first-order valence-corrected chi connectivity index (χ1v) is 4.19. The lowest BCUT2D eigenvalue weighted by Crippen LogP contribution is -2.02. The molecule has 1 aromatic rings. The SMILES string of the molecule is F[B-](F)(F)F.N#[N+]c1ccc(Cl)cc1[N+](=O)[O-]. The molecule has 0 spiro atoms. The van der Waals surface area contributed by atoms with Crippen LogP contribution in [0.2, 0.25) is 5.02 Å². The number of hydrogen-bond donors (Lipinski definition) is 0. The summed E-state index contributed by atoms with van der Waals surface area (Å²) in [6, 6.07) is 3.79. The van der Waals surface area contributed by atoms with Gasteiger partial charge < -0.3 is 17.3 Å². The van der Waals surface area contributed by atoms with Crippen LogP contribution in [0.4, 0.5) is 28.6 Å². The monoisotopic (exact) mass is 271 g/mol. The smallest absolute Gasteiger partial charge is 0.418 e. The summed E-state index contributed by atoms with van der Waals surface area (Å²) in [7, 11) is -6.00. The number of halogens is 5. The molecule has 1 rings (SSSR count). The Hall–Kier alpha value is -1.89. The number of nitrogens with zero attached hydrogens (tertiary/aromatic N) is 3. The van der Waals surface area contributed by atoms with Crippen molar-refractivity contribution in [1.82, 2.24) is 0 Å². The summed E-state index contributed by atoms with van der Waals surface area (Å²) in [6.45, 7) is 0. The maximum absolute atomic E-state index is 10.3. The number of rotatable bonds is 1. The van der Waals surface area contributed by atoms with Gasteiger partial charge in [0.2, 0.25) is 5.39 Å². The van der Waals surface area contributed by atoms with Crippen LogP contribution in [0.25, 0.3) is 4.98 Å². The van der Waals surface area contributed by atoms with Crippen molar-refractivity contribution in [3.8, 4) is 0 Å². The zero-order valence-electron chi connectivity index (χ0n) is 7.86. The predicted octanol–water partition coefficient (Wildman–Crippen LogP) is 4.03. The number of diazo groups is 1. The fourth-order valence-electron chi connectivity index (χ4n) is 0.727. The highest BCUT2D eigenvalue weighted by Gasteiger charge is 2.24. The molecular formula is C6H3BClF4N3O2. The third kappa shape index (κ3) is 7.07. The van der Waals surface area contributed by atoms with Gasteiger partial charge in [-0.15, -0.1) is 0 Å². The Labute approximate surface area is 96.9 Å². The van der Waals surface area contributed by atoms with E-state index in [0.29, 0.717) is 0 Å². The summed E-state index contributed by atoms with van der Waals surface area (Å²) in [6.07, 6.45) is 0. The Morgan fingerprint density at radius 3 is 2.18 bits per heavy atom. The first-order chi connectivity index (χ1) is 7.65. The van der Waals surface area contributed by atoms with Gasteiger partial charge in [0, 0.05) is 17.2 Å². The molecule has 0 fully saturated rings. The Morgan fingerprint density at radius 1 is 1.35 bits per heavy atom. The molecule has 0 heterocycles. The van der Waals surface area contributed by atoms with Crippen molar-refractivity contribution in [2.24, 2.45) is 0 Å². The average Bonchev–Trinajstić information content (AvgIpc) is 2.15. The molecule has 0 radical (unpaired) electrons. The van der Waals surface area contributed by atoms with Crippen LogP contribution in [0.5, 0.6) is 0 Å². The highest BCUT2D eigenvalue weighted by molar-refractivity contribution is 6.50. The van der Waals surface area contributed by atoms with E-state index in [1.54, 1.807) is 0 Å². The molecule has 0 unspecified atom stereocenters. The summed E-state index contributed by atoms with van der Waals surface area (Å²) in [5.41, 5.74) is -0.422. The number of benzene rings is 1. The van der Waals surface area contributed by atoms with Crippen LogP contribution < -0.4 is 0 Å². The quantitative estimate of drug-likeness (QED) is 0.254. The molecule has 0 aliphatic carbocycles. The van der Waals surface area contributed by atoms with Gasteiger partial charge in [0.1, 0.15) is 0 Å². The number of nitro benzene ring substituents is 1. The van der Waals surface area contributed by atoms with Gasteiger partial charge in [0.25, 0.3) is 0 Å². The minimum atomic E-state index is -6.00. The molecule has 0 aliphatic heterocycles. The molecule has 0 bridgehead atoms. The molecule has 1 aromatic carbocycles.